The second-order valence-electron chi connectivity index (χ2n) is 7.12. The van der Waals surface area contributed by atoms with Gasteiger partial charge in [-0.1, -0.05) is 23.7 Å². The normalized spacial score (nSPS) is 12.0. The highest BCUT2D eigenvalue weighted by molar-refractivity contribution is 6.30. The van der Waals surface area contributed by atoms with E-state index in [1.807, 2.05) is 0 Å². The van der Waals surface area contributed by atoms with Gasteiger partial charge in [-0.2, -0.15) is 0 Å². The molecule has 3 rings (SSSR count). The average molecular weight is 430 g/mol. The Morgan fingerprint density at radius 1 is 1.17 bits per heavy atom. The third-order valence-corrected chi connectivity index (χ3v) is 5.08. The number of fused-ring (bicyclic) bond motifs is 1. The number of phenols is 1. The number of carbonyl (C=O) groups excluding carboxylic acids is 1. The van der Waals surface area contributed by atoms with Crippen molar-refractivity contribution in [1.82, 2.24) is 5.32 Å². The lowest BCUT2D eigenvalue weighted by atomic mass is 10.0. The van der Waals surface area contributed by atoms with E-state index >= 15 is 0 Å². The molecular formula is C22H20ClNO6. The van der Waals surface area contributed by atoms with E-state index in [2.05, 4.69) is 5.32 Å². The van der Waals surface area contributed by atoms with Crippen molar-refractivity contribution in [3.05, 3.63) is 74.1 Å². The molecule has 7 nitrogen and oxygen atoms in total. The van der Waals surface area contributed by atoms with Crippen molar-refractivity contribution in [3.63, 3.8) is 0 Å². The molecule has 0 spiro atoms. The molecule has 0 saturated heterocycles. The molecule has 156 valence electrons. The fourth-order valence-electron chi connectivity index (χ4n) is 3.32. The van der Waals surface area contributed by atoms with E-state index in [-0.39, 0.29) is 29.7 Å². The predicted octanol–water partition coefficient (Wildman–Crippen LogP) is 3.12. The Kier molecular flexibility index (Phi) is 6.12. The summed E-state index contributed by atoms with van der Waals surface area (Å²) in [5, 5.41) is 23.0. The number of aliphatic carboxylic acids is 1. The molecule has 0 saturated carbocycles. The number of amides is 1. The lowest BCUT2D eigenvalue weighted by Crippen LogP contribution is -2.43. The van der Waals surface area contributed by atoms with Gasteiger partial charge in [0, 0.05) is 11.4 Å². The smallest absolute Gasteiger partial charge is 0.340 e. The first-order valence-corrected chi connectivity index (χ1v) is 9.56. The van der Waals surface area contributed by atoms with Gasteiger partial charge in [0.25, 0.3) is 0 Å². The zero-order valence-electron chi connectivity index (χ0n) is 16.4. The number of nitrogens with one attached hydrogen (secondary N) is 1. The lowest BCUT2D eigenvalue weighted by Gasteiger charge is -2.15. The summed E-state index contributed by atoms with van der Waals surface area (Å²) in [4.78, 5) is 36.5. The molecule has 1 heterocycles. The van der Waals surface area contributed by atoms with Crippen molar-refractivity contribution in [3.8, 4) is 5.75 Å². The Hall–Kier alpha value is -3.32. The number of rotatable bonds is 6. The molecule has 1 atom stereocenters. The van der Waals surface area contributed by atoms with Crippen molar-refractivity contribution < 1.29 is 24.2 Å². The molecule has 0 aliphatic carbocycles. The van der Waals surface area contributed by atoms with Crippen LogP contribution in [0.25, 0.3) is 11.0 Å². The van der Waals surface area contributed by atoms with Crippen molar-refractivity contribution in [2.24, 2.45) is 0 Å². The van der Waals surface area contributed by atoms with Gasteiger partial charge in [0.15, 0.2) is 0 Å². The summed E-state index contributed by atoms with van der Waals surface area (Å²) in [6, 6.07) is 8.60. The number of carbonyl (C=O) groups is 2. The highest BCUT2D eigenvalue weighted by atomic mass is 35.5. The number of carboxylic acids is 1. The Balaban J connectivity index is 1.83. The molecule has 3 N–H and O–H groups in total. The number of phenolic OH excluding ortho intramolecular Hbond substituents is 1. The van der Waals surface area contributed by atoms with E-state index in [1.165, 1.54) is 6.07 Å². The number of aromatic hydroxyl groups is 1. The summed E-state index contributed by atoms with van der Waals surface area (Å²) >= 11 is 5.83. The van der Waals surface area contributed by atoms with E-state index in [1.54, 1.807) is 44.2 Å². The fraction of sp³-hybridized carbons (Fsp3) is 0.227. The molecule has 0 aliphatic heterocycles. The van der Waals surface area contributed by atoms with E-state index in [9.17, 15) is 24.6 Å². The standard InChI is InChI=1S/C22H20ClNO6/c1-11-7-17(25)20-12(2)15(22(29)30-18(20)8-11)10-19(26)24-16(21(27)28)9-13-3-5-14(23)6-4-13/h3-8,16,25H,9-10H2,1-2H3,(H,24,26)(H,27,28). The highest BCUT2D eigenvalue weighted by Crippen LogP contribution is 2.29. The molecule has 3 aromatic rings. The van der Waals surface area contributed by atoms with Gasteiger partial charge < -0.3 is 19.9 Å². The van der Waals surface area contributed by atoms with Crippen LogP contribution in [0.4, 0.5) is 0 Å². The van der Waals surface area contributed by atoms with Gasteiger partial charge in [0.1, 0.15) is 17.4 Å². The Labute approximate surface area is 176 Å². The van der Waals surface area contributed by atoms with Gasteiger partial charge >= 0.3 is 11.6 Å². The van der Waals surface area contributed by atoms with Crippen molar-refractivity contribution >= 4 is 34.4 Å². The summed E-state index contributed by atoms with van der Waals surface area (Å²) in [5.74, 6) is -1.90. The van der Waals surface area contributed by atoms with Gasteiger partial charge in [-0.25, -0.2) is 9.59 Å². The summed E-state index contributed by atoms with van der Waals surface area (Å²) in [7, 11) is 0. The van der Waals surface area contributed by atoms with Gasteiger partial charge in [-0.15, -0.1) is 0 Å². The van der Waals surface area contributed by atoms with Crippen molar-refractivity contribution in [2.45, 2.75) is 32.7 Å². The number of aryl methyl sites for hydroxylation is 2. The van der Waals surface area contributed by atoms with Gasteiger partial charge in [0.2, 0.25) is 5.91 Å². The molecule has 0 aliphatic rings. The van der Waals surface area contributed by atoms with Gasteiger partial charge in [0.05, 0.1) is 17.4 Å². The van der Waals surface area contributed by atoms with Crippen LogP contribution < -0.4 is 10.9 Å². The number of carboxylic acid groups (broad SMARTS) is 1. The topological polar surface area (TPSA) is 117 Å². The van der Waals surface area contributed by atoms with Gasteiger partial charge in [-0.3, -0.25) is 4.79 Å². The SMILES string of the molecule is Cc1cc(O)c2c(C)c(CC(=O)NC(Cc3ccc(Cl)cc3)C(=O)O)c(=O)oc2c1. The Bertz CT molecular complexity index is 1180. The molecule has 30 heavy (non-hydrogen) atoms. The number of hydrogen-bond donors (Lipinski definition) is 3. The maximum atomic E-state index is 12.5. The van der Waals surface area contributed by atoms with E-state index in [4.69, 9.17) is 16.0 Å². The first-order chi connectivity index (χ1) is 14.2. The minimum atomic E-state index is -1.20. The molecule has 0 radical (unpaired) electrons. The first-order valence-electron chi connectivity index (χ1n) is 9.18. The van der Waals surface area contributed by atoms with E-state index in [0.29, 0.717) is 21.5 Å². The minimum absolute atomic E-state index is 0.0564. The second-order valence-corrected chi connectivity index (χ2v) is 7.55. The zero-order chi connectivity index (χ0) is 22.0. The van der Waals surface area contributed by atoms with Crippen LogP contribution in [0.2, 0.25) is 5.02 Å². The molecule has 1 amide bonds. The minimum Gasteiger partial charge on any atom is -0.507 e. The van der Waals surface area contributed by atoms with Crippen LogP contribution in [-0.2, 0) is 22.4 Å². The third-order valence-electron chi connectivity index (χ3n) is 4.83. The van der Waals surface area contributed by atoms with Crippen molar-refractivity contribution in [2.75, 3.05) is 0 Å². The van der Waals surface area contributed by atoms with Crippen LogP contribution >= 0.6 is 11.6 Å². The Morgan fingerprint density at radius 2 is 1.83 bits per heavy atom. The molecule has 0 fully saturated rings. The molecular weight excluding hydrogens is 410 g/mol. The number of hydrogen-bond acceptors (Lipinski definition) is 5. The molecule has 2 aromatic carbocycles. The van der Waals surface area contributed by atoms with Crippen LogP contribution in [0.5, 0.6) is 5.75 Å². The molecule has 1 aromatic heterocycles. The number of halogens is 1. The lowest BCUT2D eigenvalue weighted by molar-refractivity contribution is -0.141. The molecule has 0 bridgehead atoms. The molecule has 8 heteroatoms. The van der Waals surface area contributed by atoms with Crippen molar-refractivity contribution in [1.29, 1.82) is 0 Å². The quantitative estimate of drug-likeness (QED) is 0.518. The molecule has 1 unspecified atom stereocenters. The fourth-order valence-corrected chi connectivity index (χ4v) is 3.45. The summed E-state index contributed by atoms with van der Waals surface area (Å²) in [5.41, 5.74) is 1.41. The zero-order valence-corrected chi connectivity index (χ0v) is 17.1. The van der Waals surface area contributed by atoms with Crippen LogP contribution in [0.1, 0.15) is 22.3 Å². The second kappa shape index (κ2) is 8.59. The largest absolute Gasteiger partial charge is 0.507 e. The van der Waals surface area contributed by atoms with Crippen LogP contribution in [0, 0.1) is 13.8 Å². The number of benzene rings is 2. The van der Waals surface area contributed by atoms with Gasteiger partial charge in [-0.05, 0) is 54.8 Å². The summed E-state index contributed by atoms with van der Waals surface area (Å²) < 4.78 is 5.27. The monoisotopic (exact) mass is 429 g/mol. The summed E-state index contributed by atoms with van der Waals surface area (Å²) in [6.07, 6.45) is -0.314. The van der Waals surface area contributed by atoms with E-state index in [0.717, 1.165) is 5.56 Å². The third kappa shape index (κ3) is 4.63. The maximum Gasteiger partial charge on any atom is 0.340 e. The van der Waals surface area contributed by atoms with Crippen LogP contribution in [0.3, 0.4) is 0 Å². The average Bonchev–Trinajstić information content (AvgIpc) is 2.65. The van der Waals surface area contributed by atoms with E-state index < -0.39 is 23.5 Å². The Morgan fingerprint density at radius 3 is 2.47 bits per heavy atom. The predicted molar refractivity (Wildman–Crippen MR) is 112 cm³/mol. The van der Waals surface area contributed by atoms with Crippen LogP contribution in [0.15, 0.2) is 45.6 Å². The highest BCUT2D eigenvalue weighted by Gasteiger charge is 2.23. The van der Waals surface area contributed by atoms with Crippen LogP contribution in [-0.4, -0.2) is 28.1 Å². The summed E-state index contributed by atoms with van der Waals surface area (Å²) in [6.45, 7) is 3.36. The maximum absolute atomic E-state index is 12.5. The first kappa shape index (κ1) is 21.4.